The van der Waals surface area contributed by atoms with Crippen LogP contribution in [0.1, 0.15) is 37.0 Å². The summed E-state index contributed by atoms with van der Waals surface area (Å²) in [6.45, 7) is 3.65. The summed E-state index contributed by atoms with van der Waals surface area (Å²) in [7, 11) is 1.47. The summed E-state index contributed by atoms with van der Waals surface area (Å²) < 4.78 is 0. The van der Waals surface area contributed by atoms with Crippen molar-refractivity contribution in [2.24, 2.45) is 0 Å². The van der Waals surface area contributed by atoms with E-state index in [1.807, 2.05) is 0 Å². The van der Waals surface area contributed by atoms with Gasteiger partial charge in [0.05, 0.1) is 0 Å². The molecule has 0 bridgehead atoms. The molecule has 22 heavy (non-hydrogen) atoms. The lowest BCUT2D eigenvalue weighted by atomic mass is 10.0. The van der Waals surface area contributed by atoms with Crippen molar-refractivity contribution in [3.63, 3.8) is 0 Å². The summed E-state index contributed by atoms with van der Waals surface area (Å²) in [6, 6.07) is 6.69. The van der Waals surface area contributed by atoms with Crippen LogP contribution in [-0.2, 0) is 9.59 Å². The average molecular weight is 304 g/mol. The van der Waals surface area contributed by atoms with Gasteiger partial charge in [-0.25, -0.2) is 4.79 Å². The topological polar surface area (TPSA) is 77.9 Å². The van der Waals surface area contributed by atoms with Crippen molar-refractivity contribution in [3.8, 4) is 0 Å². The molecule has 0 aromatic heterocycles. The summed E-state index contributed by atoms with van der Waals surface area (Å²) >= 11 is 0. The Labute approximate surface area is 129 Å². The molecule has 1 aromatic carbocycles. The fraction of sp³-hybridized carbons (Fsp3) is 0.438. The van der Waals surface area contributed by atoms with Gasteiger partial charge in [-0.1, -0.05) is 0 Å². The summed E-state index contributed by atoms with van der Waals surface area (Å²) in [4.78, 5) is 38.2. The molecule has 1 aliphatic heterocycles. The fourth-order valence-corrected chi connectivity index (χ4v) is 2.30. The van der Waals surface area contributed by atoms with Crippen LogP contribution in [0, 0.1) is 0 Å². The number of likely N-dealkylation sites (N-methyl/N-ethyl adjacent to an activating group) is 1. The molecule has 2 rings (SSSR count). The van der Waals surface area contributed by atoms with Gasteiger partial charge in [-0.05, 0) is 44.5 Å². The molecule has 1 N–H and O–H groups in total. The monoisotopic (exact) mass is 304 g/mol. The number of carbonyl (C=O) groups excluding carboxylic acids is 2. The van der Waals surface area contributed by atoms with Gasteiger partial charge in [0.25, 0.3) is 5.91 Å². The van der Waals surface area contributed by atoms with Gasteiger partial charge < -0.3 is 14.9 Å². The SMILES string of the molecule is CN(C(=O)c1ccc(N2CCCC2=O)cc1)C(C)(C)C(=O)O. The molecule has 1 fully saturated rings. The molecule has 0 saturated carbocycles. The third-order valence-corrected chi connectivity index (χ3v) is 4.17. The van der Waals surface area contributed by atoms with E-state index in [2.05, 4.69) is 0 Å². The Morgan fingerprint density at radius 1 is 1.23 bits per heavy atom. The molecule has 0 unspecified atom stereocenters. The highest BCUT2D eigenvalue weighted by atomic mass is 16.4. The zero-order valence-corrected chi connectivity index (χ0v) is 13.0. The molecule has 2 amide bonds. The van der Waals surface area contributed by atoms with Gasteiger partial charge in [0.1, 0.15) is 5.54 Å². The van der Waals surface area contributed by atoms with Crippen LogP contribution in [0.4, 0.5) is 5.69 Å². The normalized spacial score (nSPS) is 15.0. The van der Waals surface area contributed by atoms with Crippen molar-refractivity contribution < 1.29 is 19.5 Å². The molecular weight excluding hydrogens is 284 g/mol. The fourth-order valence-electron chi connectivity index (χ4n) is 2.30. The number of aliphatic carboxylic acids is 1. The number of amides is 2. The third-order valence-electron chi connectivity index (χ3n) is 4.17. The van der Waals surface area contributed by atoms with E-state index in [1.54, 1.807) is 29.2 Å². The largest absolute Gasteiger partial charge is 0.480 e. The lowest BCUT2D eigenvalue weighted by Crippen LogP contribution is -2.50. The lowest BCUT2D eigenvalue weighted by Gasteiger charge is -2.31. The van der Waals surface area contributed by atoms with Crippen LogP contribution in [-0.4, -0.2) is 46.9 Å². The number of hydrogen-bond donors (Lipinski definition) is 1. The number of carboxylic acid groups (broad SMARTS) is 1. The first-order chi connectivity index (χ1) is 10.2. The molecule has 1 saturated heterocycles. The lowest BCUT2D eigenvalue weighted by molar-refractivity contribution is -0.147. The Morgan fingerprint density at radius 3 is 2.27 bits per heavy atom. The Bertz CT molecular complexity index is 607. The number of carboxylic acids is 1. The second-order valence-electron chi connectivity index (χ2n) is 5.92. The predicted octanol–water partition coefficient (Wildman–Crippen LogP) is 1.75. The molecular formula is C16H20N2O4. The molecule has 1 aromatic rings. The van der Waals surface area contributed by atoms with E-state index in [9.17, 15) is 19.5 Å². The van der Waals surface area contributed by atoms with Gasteiger partial charge >= 0.3 is 5.97 Å². The minimum absolute atomic E-state index is 0.0863. The molecule has 0 atom stereocenters. The van der Waals surface area contributed by atoms with E-state index in [-0.39, 0.29) is 11.8 Å². The third kappa shape index (κ3) is 2.81. The van der Waals surface area contributed by atoms with Crippen LogP contribution in [0.25, 0.3) is 0 Å². The Hall–Kier alpha value is -2.37. The van der Waals surface area contributed by atoms with Crippen LogP contribution < -0.4 is 4.90 Å². The maximum absolute atomic E-state index is 12.4. The Morgan fingerprint density at radius 2 is 1.82 bits per heavy atom. The summed E-state index contributed by atoms with van der Waals surface area (Å²) in [5, 5.41) is 9.19. The Balaban J connectivity index is 2.18. The first-order valence-corrected chi connectivity index (χ1v) is 7.17. The highest BCUT2D eigenvalue weighted by molar-refractivity contribution is 5.99. The first kappa shape index (κ1) is 16.0. The molecule has 0 spiro atoms. The molecule has 118 valence electrons. The van der Waals surface area contributed by atoms with E-state index in [0.29, 0.717) is 18.5 Å². The van der Waals surface area contributed by atoms with Crippen molar-refractivity contribution in [2.75, 3.05) is 18.5 Å². The van der Waals surface area contributed by atoms with E-state index >= 15 is 0 Å². The maximum Gasteiger partial charge on any atom is 0.329 e. The van der Waals surface area contributed by atoms with Crippen molar-refractivity contribution in [3.05, 3.63) is 29.8 Å². The molecule has 6 heteroatoms. The quantitative estimate of drug-likeness (QED) is 0.919. The Kier molecular flexibility index (Phi) is 4.21. The van der Waals surface area contributed by atoms with Crippen molar-refractivity contribution >= 4 is 23.5 Å². The van der Waals surface area contributed by atoms with Crippen LogP contribution in [0.3, 0.4) is 0 Å². The number of anilines is 1. The van der Waals surface area contributed by atoms with E-state index in [0.717, 1.165) is 12.1 Å². The molecule has 1 aliphatic rings. The summed E-state index contributed by atoms with van der Waals surface area (Å²) in [5.74, 6) is -1.35. The van der Waals surface area contributed by atoms with Crippen LogP contribution in [0.15, 0.2) is 24.3 Å². The standard InChI is InChI=1S/C16H20N2O4/c1-16(2,15(21)22)17(3)14(20)11-6-8-12(9-7-11)18-10-4-5-13(18)19/h6-9H,4-5,10H2,1-3H3,(H,21,22). The van der Waals surface area contributed by atoms with Crippen molar-refractivity contribution in [2.45, 2.75) is 32.2 Å². The molecule has 0 aliphatic carbocycles. The average Bonchev–Trinajstić information content (AvgIpc) is 2.91. The number of carbonyl (C=O) groups is 3. The highest BCUT2D eigenvalue weighted by Crippen LogP contribution is 2.23. The minimum atomic E-state index is -1.29. The van der Waals surface area contributed by atoms with Crippen molar-refractivity contribution in [1.82, 2.24) is 4.90 Å². The van der Waals surface area contributed by atoms with Gasteiger partial charge in [-0.2, -0.15) is 0 Å². The van der Waals surface area contributed by atoms with Crippen LogP contribution >= 0.6 is 0 Å². The zero-order chi connectivity index (χ0) is 16.5. The van der Waals surface area contributed by atoms with Gasteiger partial charge in [0, 0.05) is 31.3 Å². The number of hydrogen-bond acceptors (Lipinski definition) is 3. The zero-order valence-electron chi connectivity index (χ0n) is 13.0. The minimum Gasteiger partial charge on any atom is -0.480 e. The smallest absolute Gasteiger partial charge is 0.329 e. The summed E-state index contributed by atoms with van der Waals surface area (Å²) in [5.41, 5.74) is -0.132. The summed E-state index contributed by atoms with van der Waals surface area (Å²) in [6.07, 6.45) is 1.39. The van der Waals surface area contributed by atoms with Gasteiger partial charge in [0.15, 0.2) is 0 Å². The number of nitrogens with zero attached hydrogens (tertiary/aromatic N) is 2. The predicted molar refractivity (Wildman–Crippen MR) is 81.8 cm³/mol. The first-order valence-electron chi connectivity index (χ1n) is 7.17. The van der Waals surface area contributed by atoms with Gasteiger partial charge in [-0.3, -0.25) is 9.59 Å². The second-order valence-corrected chi connectivity index (χ2v) is 5.92. The van der Waals surface area contributed by atoms with Crippen LogP contribution in [0.2, 0.25) is 0 Å². The number of rotatable bonds is 4. The van der Waals surface area contributed by atoms with E-state index < -0.39 is 11.5 Å². The van der Waals surface area contributed by atoms with Crippen LogP contribution in [0.5, 0.6) is 0 Å². The second kappa shape index (κ2) is 5.79. The van der Waals surface area contributed by atoms with E-state index in [4.69, 9.17) is 0 Å². The van der Waals surface area contributed by atoms with Crippen molar-refractivity contribution in [1.29, 1.82) is 0 Å². The highest BCUT2D eigenvalue weighted by Gasteiger charge is 2.35. The van der Waals surface area contributed by atoms with E-state index in [1.165, 1.54) is 25.8 Å². The molecule has 6 nitrogen and oxygen atoms in total. The molecule has 1 heterocycles. The van der Waals surface area contributed by atoms with Gasteiger partial charge in [0.2, 0.25) is 5.91 Å². The maximum atomic E-state index is 12.4. The molecule has 0 radical (unpaired) electrons. The van der Waals surface area contributed by atoms with Gasteiger partial charge in [-0.15, -0.1) is 0 Å². The number of benzene rings is 1.